The first kappa shape index (κ1) is 24.8. The minimum atomic E-state index is -0.343. The number of ether oxygens (including phenoxy) is 1. The van der Waals surface area contributed by atoms with Crippen LogP contribution in [0.15, 0.2) is 72.6 Å². The number of urea groups is 1. The minimum absolute atomic E-state index is 0.0549. The van der Waals surface area contributed by atoms with E-state index in [-0.39, 0.29) is 31.1 Å². The Bertz CT molecular complexity index is 1180. The highest BCUT2D eigenvalue weighted by atomic mass is 35.5. The average molecular weight is 510 g/mol. The fourth-order valence-corrected chi connectivity index (χ4v) is 5.10. The van der Waals surface area contributed by atoms with Crippen LogP contribution in [0.4, 0.5) is 10.5 Å². The van der Waals surface area contributed by atoms with Crippen LogP contribution >= 0.6 is 22.9 Å². The number of anilines is 1. The molecule has 1 aliphatic rings. The smallest absolute Gasteiger partial charge is 0.322 e. The Morgan fingerprint density at radius 1 is 1.20 bits per heavy atom. The highest BCUT2D eigenvalue weighted by Gasteiger charge is 2.33. The lowest BCUT2D eigenvalue weighted by Gasteiger charge is -2.37. The van der Waals surface area contributed by atoms with Crippen LogP contribution in [0.25, 0.3) is 0 Å². The number of hydrogen-bond acceptors (Lipinski definition) is 4. The Kier molecular flexibility index (Phi) is 8.10. The lowest BCUT2D eigenvalue weighted by Crippen LogP contribution is -2.48. The van der Waals surface area contributed by atoms with Gasteiger partial charge in [-0.2, -0.15) is 0 Å². The first-order chi connectivity index (χ1) is 16.9. The van der Waals surface area contributed by atoms with Crippen molar-refractivity contribution in [1.82, 2.24) is 9.80 Å². The molecule has 0 spiro atoms. The molecule has 4 rings (SSSR count). The molecular weight excluding hydrogens is 482 g/mol. The van der Waals surface area contributed by atoms with Gasteiger partial charge in [0.25, 0.3) is 0 Å². The molecule has 2 aromatic carbocycles. The largest absolute Gasteiger partial charge is 0.491 e. The van der Waals surface area contributed by atoms with Gasteiger partial charge in [-0.15, -0.1) is 17.9 Å². The number of aryl methyl sites for hydroxylation is 1. The summed E-state index contributed by atoms with van der Waals surface area (Å²) in [4.78, 5) is 31.0. The van der Waals surface area contributed by atoms with Gasteiger partial charge in [0.05, 0.1) is 6.04 Å². The van der Waals surface area contributed by atoms with Gasteiger partial charge in [-0.25, -0.2) is 4.79 Å². The summed E-state index contributed by atoms with van der Waals surface area (Å²) in [5, 5.41) is 5.56. The van der Waals surface area contributed by atoms with Crippen LogP contribution < -0.4 is 10.1 Å². The maximum Gasteiger partial charge on any atom is 0.322 e. The summed E-state index contributed by atoms with van der Waals surface area (Å²) in [5.74, 6) is 0.558. The number of carbonyl (C=O) groups is 2. The highest BCUT2D eigenvalue weighted by Crippen LogP contribution is 2.34. The van der Waals surface area contributed by atoms with E-state index >= 15 is 0 Å². The van der Waals surface area contributed by atoms with Crippen LogP contribution in [0, 0.1) is 6.92 Å². The fraction of sp³-hybridized carbons (Fsp3) is 0.259. The Labute approximate surface area is 214 Å². The van der Waals surface area contributed by atoms with Crippen LogP contribution in [0.3, 0.4) is 0 Å². The van der Waals surface area contributed by atoms with E-state index in [1.165, 1.54) is 9.78 Å². The summed E-state index contributed by atoms with van der Waals surface area (Å²) in [6.07, 6.45) is 2.41. The van der Waals surface area contributed by atoms with E-state index in [1.807, 2.05) is 53.6 Å². The van der Waals surface area contributed by atoms with Crippen LogP contribution in [-0.2, 0) is 11.2 Å². The van der Waals surface area contributed by atoms with Gasteiger partial charge in [0, 0.05) is 28.7 Å². The number of rotatable bonds is 8. The van der Waals surface area contributed by atoms with Crippen molar-refractivity contribution in [3.63, 3.8) is 0 Å². The minimum Gasteiger partial charge on any atom is -0.491 e. The second kappa shape index (κ2) is 11.4. The Morgan fingerprint density at radius 3 is 2.66 bits per heavy atom. The van der Waals surface area contributed by atoms with E-state index in [2.05, 4.69) is 18.0 Å². The molecule has 2 heterocycles. The average Bonchev–Trinajstić information content (AvgIpc) is 3.34. The van der Waals surface area contributed by atoms with Crippen LogP contribution in [0.5, 0.6) is 5.75 Å². The van der Waals surface area contributed by atoms with Gasteiger partial charge in [-0.05, 0) is 66.8 Å². The number of benzene rings is 2. The summed E-state index contributed by atoms with van der Waals surface area (Å²) in [7, 11) is 0. The van der Waals surface area contributed by atoms with Gasteiger partial charge in [0.15, 0.2) is 0 Å². The van der Waals surface area contributed by atoms with Gasteiger partial charge >= 0.3 is 6.03 Å². The number of halogens is 1. The molecule has 0 saturated heterocycles. The Balaban J connectivity index is 1.47. The molecule has 0 radical (unpaired) electrons. The molecule has 8 heteroatoms. The number of carbonyl (C=O) groups excluding carboxylic acids is 2. The summed E-state index contributed by atoms with van der Waals surface area (Å²) in [5.41, 5.74) is 2.88. The van der Waals surface area contributed by atoms with E-state index < -0.39 is 0 Å². The maximum absolute atomic E-state index is 13.5. The number of thiophene rings is 1. The van der Waals surface area contributed by atoms with Gasteiger partial charge in [0.1, 0.15) is 18.9 Å². The molecule has 0 bridgehead atoms. The van der Waals surface area contributed by atoms with Crippen LogP contribution in [0.2, 0.25) is 5.02 Å². The van der Waals surface area contributed by atoms with Crippen molar-refractivity contribution in [3.8, 4) is 5.75 Å². The van der Waals surface area contributed by atoms with Crippen molar-refractivity contribution in [1.29, 1.82) is 0 Å². The number of hydrogen-bond donors (Lipinski definition) is 1. The normalized spacial score (nSPS) is 14.7. The van der Waals surface area contributed by atoms with Crippen molar-refractivity contribution in [2.75, 3.05) is 31.6 Å². The van der Waals surface area contributed by atoms with Gasteiger partial charge in [-0.1, -0.05) is 35.4 Å². The van der Waals surface area contributed by atoms with Crippen molar-refractivity contribution in [3.05, 3.63) is 93.7 Å². The summed E-state index contributed by atoms with van der Waals surface area (Å²) >= 11 is 7.68. The van der Waals surface area contributed by atoms with E-state index in [9.17, 15) is 9.59 Å². The van der Waals surface area contributed by atoms with Crippen molar-refractivity contribution in [2.45, 2.75) is 19.4 Å². The molecule has 0 aliphatic carbocycles. The highest BCUT2D eigenvalue weighted by molar-refractivity contribution is 7.10. The van der Waals surface area contributed by atoms with E-state index in [4.69, 9.17) is 16.3 Å². The predicted octanol–water partition coefficient (Wildman–Crippen LogP) is 5.93. The Hall–Kier alpha value is -3.29. The van der Waals surface area contributed by atoms with E-state index in [0.29, 0.717) is 29.6 Å². The predicted molar refractivity (Wildman–Crippen MR) is 141 cm³/mol. The summed E-state index contributed by atoms with van der Waals surface area (Å²) in [6.45, 7) is 6.83. The molecular formula is C27H28ClN3O3S. The van der Waals surface area contributed by atoms with Gasteiger partial charge in [0.2, 0.25) is 5.91 Å². The molecule has 35 heavy (non-hydrogen) atoms. The molecule has 3 aromatic rings. The molecule has 1 aliphatic heterocycles. The van der Waals surface area contributed by atoms with E-state index in [0.717, 1.165) is 17.5 Å². The third-order valence-electron chi connectivity index (χ3n) is 5.90. The first-order valence-electron chi connectivity index (χ1n) is 11.4. The first-order valence-corrected chi connectivity index (χ1v) is 12.7. The number of fused-ring (bicyclic) bond motifs is 1. The van der Waals surface area contributed by atoms with Crippen molar-refractivity contribution >= 4 is 40.6 Å². The van der Waals surface area contributed by atoms with Crippen LogP contribution in [-0.4, -0.2) is 48.0 Å². The van der Waals surface area contributed by atoms with Crippen molar-refractivity contribution in [2.24, 2.45) is 0 Å². The lowest BCUT2D eigenvalue weighted by molar-refractivity contribution is -0.135. The molecule has 182 valence electrons. The zero-order valence-corrected chi connectivity index (χ0v) is 21.1. The quantitative estimate of drug-likeness (QED) is 0.382. The molecule has 1 N–H and O–H groups in total. The molecule has 3 amide bonds. The summed E-state index contributed by atoms with van der Waals surface area (Å²) in [6, 6.07) is 16.2. The molecule has 0 fully saturated rings. The molecule has 1 unspecified atom stereocenters. The second-order valence-corrected chi connectivity index (χ2v) is 9.82. The summed E-state index contributed by atoms with van der Waals surface area (Å²) < 4.78 is 6.04. The number of nitrogens with one attached hydrogen (secondary N) is 1. The zero-order chi connectivity index (χ0) is 24.8. The standard InChI is InChI=1S/C27H28ClN3O3S/c1-3-14-30(27(33)29-21-8-4-19(2)5-9-21)17-26(32)31-15-12-25-23(13-16-35-25)24(31)18-34-22-10-6-20(28)7-11-22/h3-11,13,16,24H,1,12,14-15,17-18H2,2H3,(H,29,33). The van der Waals surface area contributed by atoms with Gasteiger partial charge < -0.3 is 19.9 Å². The zero-order valence-electron chi connectivity index (χ0n) is 19.6. The lowest BCUT2D eigenvalue weighted by atomic mass is 10.0. The van der Waals surface area contributed by atoms with Crippen LogP contribution in [0.1, 0.15) is 22.0 Å². The molecule has 6 nitrogen and oxygen atoms in total. The maximum atomic E-state index is 13.5. The fourth-order valence-electron chi connectivity index (χ4n) is 4.05. The van der Waals surface area contributed by atoms with Gasteiger partial charge in [-0.3, -0.25) is 4.79 Å². The SMILES string of the molecule is C=CCN(CC(=O)N1CCc2sccc2C1COc1ccc(Cl)cc1)C(=O)Nc1ccc(C)cc1. The Morgan fingerprint density at radius 2 is 1.94 bits per heavy atom. The molecule has 1 atom stereocenters. The number of nitrogens with zero attached hydrogens (tertiary/aromatic N) is 2. The van der Waals surface area contributed by atoms with E-state index in [1.54, 1.807) is 29.5 Å². The van der Waals surface area contributed by atoms with Crippen molar-refractivity contribution < 1.29 is 14.3 Å². The number of amides is 3. The molecule has 0 saturated carbocycles. The molecule has 1 aromatic heterocycles. The monoisotopic (exact) mass is 509 g/mol. The second-order valence-electron chi connectivity index (χ2n) is 8.38. The third kappa shape index (κ3) is 6.24. The third-order valence-corrected chi connectivity index (χ3v) is 7.15. The topological polar surface area (TPSA) is 61.9 Å².